The van der Waals surface area contributed by atoms with Crippen molar-refractivity contribution in [2.45, 2.75) is 0 Å². The zero-order chi connectivity index (χ0) is 13.0. The third-order valence-electron chi connectivity index (χ3n) is 2.45. The SMILES string of the molecule is C=Cc1cnnn1/C(O)=C\C(=C)c1ccccc1. The van der Waals surface area contributed by atoms with Gasteiger partial charge in [0.15, 0.2) is 0 Å². The fraction of sp³-hybridized carbons (Fsp3) is 0. The van der Waals surface area contributed by atoms with Crippen LogP contribution in [-0.2, 0) is 0 Å². The summed E-state index contributed by atoms with van der Waals surface area (Å²) in [5, 5.41) is 17.4. The van der Waals surface area contributed by atoms with Gasteiger partial charge in [-0.1, -0.05) is 48.7 Å². The maximum absolute atomic E-state index is 9.97. The van der Waals surface area contributed by atoms with Gasteiger partial charge < -0.3 is 5.11 Å². The fourth-order valence-corrected chi connectivity index (χ4v) is 1.51. The van der Waals surface area contributed by atoms with Crippen LogP contribution in [0.15, 0.2) is 55.8 Å². The van der Waals surface area contributed by atoms with Crippen LogP contribution >= 0.6 is 0 Å². The van der Waals surface area contributed by atoms with Gasteiger partial charge in [0, 0.05) is 6.08 Å². The van der Waals surface area contributed by atoms with Crippen molar-refractivity contribution in [2.75, 3.05) is 0 Å². The first kappa shape index (κ1) is 11.9. The fourth-order valence-electron chi connectivity index (χ4n) is 1.51. The second-order valence-corrected chi connectivity index (χ2v) is 3.67. The average molecular weight is 239 g/mol. The molecule has 2 rings (SSSR count). The molecular weight excluding hydrogens is 226 g/mol. The normalized spacial score (nSPS) is 11.2. The maximum Gasteiger partial charge on any atom is 0.214 e. The van der Waals surface area contributed by atoms with E-state index in [0.717, 1.165) is 5.56 Å². The molecule has 18 heavy (non-hydrogen) atoms. The predicted octanol–water partition coefficient (Wildman–Crippen LogP) is 2.99. The summed E-state index contributed by atoms with van der Waals surface area (Å²) in [5.41, 5.74) is 2.24. The first-order valence-electron chi connectivity index (χ1n) is 5.41. The Morgan fingerprint density at radius 3 is 2.67 bits per heavy atom. The summed E-state index contributed by atoms with van der Waals surface area (Å²) in [6, 6.07) is 9.59. The van der Waals surface area contributed by atoms with E-state index < -0.39 is 0 Å². The van der Waals surface area contributed by atoms with Gasteiger partial charge in [0.2, 0.25) is 5.88 Å². The molecule has 2 aromatic rings. The largest absolute Gasteiger partial charge is 0.493 e. The lowest BCUT2D eigenvalue weighted by molar-refractivity contribution is 0.453. The lowest BCUT2D eigenvalue weighted by Crippen LogP contribution is -2.01. The van der Waals surface area contributed by atoms with Crippen molar-refractivity contribution in [1.82, 2.24) is 15.0 Å². The molecule has 1 aromatic heterocycles. The van der Waals surface area contributed by atoms with Crippen LogP contribution in [0.2, 0.25) is 0 Å². The summed E-state index contributed by atoms with van der Waals surface area (Å²) in [6.45, 7) is 7.53. The number of rotatable bonds is 4. The number of hydrogen-bond donors (Lipinski definition) is 1. The summed E-state index contributed by atoms with van der Waals surface area (Å²) in [6.07, 6.45) is 4.62. The van der Waals surface area contributed by atoms with E-state index in [1.54, 1.807) is 6.08 Å². The van der Waals surface area contributed by atoms with Gasteiger partial charge >= 0.3 is 0 Å². The highest BCUT2D eigenvalue weighted by molar-refractivity contribution is 5.76. The van der Waals surface area contributed by atoms with E-state index in [9.17, 15) is 5.11 Å². The minimum Gasteiger partial charge on any atom is -0.493 e. The second-order valence-electron chi connectivity index (χ2n) is 3.67. The highest BCUT2D eigenvalue weighted by Crippen LogP contribution is 2.16. The van der Waals surface area contributed by atoms with Gasteiger partial charge in [0.05, 0.1) is 11.9 Å². The average Bonchev–Trinajstić information content (AvgIpc) is 2.88. The number of nitrogens with zero attached hydrogens (tertiary/aromatic N) is 3. The van der Waals surface area contributed by atoms with Gasteiger partial charge in [0.1, 0.15) is 0 Å². The van der Waals surface area contributed by atoms with Crippen LogP contribution in [0.5, 0.6) is 0 Å². The molecule has 0 aliphatic carbocycles. The first-order valence-corrected chi connectivity index (χ1v) is 5.41. The quantitative estimate of drug-likeness (QED) is 0.659. The van der Waals surface area contributed by atoms with Crippen molar-refractivity contribution in [3.05, 3.63) is 67.0 Å². The third-order valence-corrected chi connectivity index (χ3v) is 2.45. The van der Waals surface area contributed by atoms with E-state index in [2.05, 4.69) is 23.5 Å². The monoisotopic (exact) mass is 239 g/mol. The Bertz CT molecular complexity index is 597. The zero-order valence-corrected chi connectivity index (χ0v) is 9.82. The Balaban J connectivity index is 2.29. The van der Waals surface area contributed by atoms with Gasteiger partial charge in [-0.2, -0.15) is 4.68 Å². The minimum absolute atomic E-state index is 0.0451. The van der Waals surface area contributed by atoms with Crippen LogP contribution in [0, 0.1) is 0 Å². The van der Waals surface area contributed by atoms with Gasteiger partial charge in [0.25, 0.3) is 0 Å². The Hall–Kier alpha value is -2.62. The summed E-state index contributed by atoms with van der Waals surface area (Å²) < 4.78 is 1.29. The summed E-state index contributed by atoms with van der Waals surface area (Å²) >= 11 is 0. The number of hydrogen-bond acceptors (Lipinski definition) is 3. The van der Waals surface area contributed by atoms with Gasteiger partial charge in [-0.05, 0) is 17.2 Å². The molecule has 0 aliphatic heterocycles. The van der Waals surface area contributed by atoms with Crippen molar-refractivity contribution < 1.29 is 5.11 Å². The van der Waals surface area contributed by atoms with Crippen LogP contribution in [0.4, 0.5) is 0 Å². The van der Waals surface area contributed by atoms with Gasteiger partial charge in [-0.3, -0.25) is 0 Å². The van der Waals surface area contributed by atoms with E-state index in [1.807, 2.05) is 30.3 Å². The smallest absolute Gasteiger partial charge is 0.214 e. The van der Waals surface area contributed by atoms with Crippen LogP contribution in [-0.4, -0.2) is 20.1 Å². The Morgan fingerprint density at radius 1 is 1.28 bits per heavy atom. The third kappa shape index (κ3) is 2.38. The number of benzene rings is 1. The highest BCUT2D eigenvalue weighted by Gasteiger charge is 2.05. The molecule has 0 amide bonds. The Morgan fingerprint density at radius 2 is 2.00 bits per heavy atom. The van der Waals surface area contributed by atoms with Crippen molar-refractivity contribution >= 4 is 17.5 Å². The molecule has 4 heteroatoms. The standard InChI is InChI=1S/C14H13N3O/c1-3-13-10-15-16-17(13)14(18)9-11(2)12-7-5-4-6-8-12/h3-10,18H,1-2H2/b14-9+. The number of aliphatic hydroxyl groups is 1. The molecule has 0 bridgehead atoms. The lowest BCUT2D eigenvalue weighted by atomic mass is 10.1. The van der Waals surface area contributed by atoms with Crippen LogP contribution in [0.1, 0.15) is 11.3 Å². The molecule has 0 spiro atoms. The van der Waals surface area contributed by atoms with Crippen LogP contribution < -0.4 is 0 Å². The molecule has 4 nitrogen and oxygen atoms in total. The van der Waals surface area contributed by atoms with E-state index in [1.165, 1.54) is 17.0 Å². The Labute approximate surface area is 105 Å². The molecule has 1 aromatic carbocycles. The van der Waals surface area contributed by atoms with Crippen molar-refractivity contribution in [1.29, 1.82) is 0 Å². The number of aromatic nitrogens is 3. The molecule has 0 fully saturated rings. The van der Waals surface area contributed by atoms with E-state index in [0.29, 0.717) is 11.3 Å². The predicted molar refractivity (Wildman–Crippen MR) is 72.5 cm³/mol. The molecule has 0 radical (unpaired) electrons. The molecule has 1 N–H and O–H groups in total. The minimum atomic E-state index is -0.0451. The first-order chi connectivity index (χ1) is 8.72. The van der Waals surface area contributed by atoms with E-state index in [4.69, 9.17) is 0 Å². The topological polar surface area (TPSA) is 50.9 Å². The molecule has 0 saturated heterocycles. The lowest BCUT2D eigenvalue weighted by Gasteiger charge is -2.04. The molecule has 1 heterocycles. The number of aliphatic hydroxyl groups excluding tert-OH is 1. The van der Waals surface area contributed by atoms with Crippen molar-refractivity contribution in [2.24, 2.45) is 0 Å². The molecule has 0 saturated carbocycles. The Kier molecular flexibility index (Phi) is 3.38. The highest BCUT2D eigenvalue weighted by atomic mass is 16.3. The maximum atomic E-state index is 9.97. The van der Waals surface area contributed by atoms with Crippen molar-refractivity contribution in [3.63, 3.8) is 0 Å². The molecule has 0 unspecified atom stereocenters. The summed E-state index contributed by atoms with van der Waals surface area (Å²) in [5.74, 6) is -0.0451. The van der Waals surface area contributed by atoms with E-state index >= 15 is 0 Å². The second kappa shape index (κ2) is 5.14. The van der Waals surface area contributed by atoms with Gasteiger partial charge in [-0.15, -0.1) is 5.10 Å². The summed E-state index contributed by atoms with van der Waals surface area (Å²) in [4.78, 5) is 0. The zero-order valence-electron chi connectivity index (χ0n) is 9.82. The van der Waals surface area contributed by atoms with E-state index in [-0.39, 0.29) is 5.88 Å². The van der Waals surface area contributed by atoms with Crippen LogP contribution in [0.25, 0.3) is 17.5 Å². The molecule has 0 aliphatic rings. The van der Waals surface area contributed by atoms with Gasteiger partial charge in [-0.25, -0.2) is 0 Å². The molecular formula is C14H13N3O. The number of allylic oxidation sites excluding steroid dienone is 2. The molecule has 90 valence electrons. The van der Waals surface area contributed by atoms with Crippen molar-refractivity contribution in [3.8, 4) is 0 Å². The molecule has 0 atom stereocenters. The van der Waals surface area contributed by atoms with Crippen LogP contribution in [0.3, 0.4) is 0 Å². The summed E-state index contributed by atoms with van der Waals surface area (Å²) in [7, 11) is 0.